The van der Waals surface area contributed by atoms with Gasteiger partial charge in [-0.05, 0) is 42.8 Å². The highest BCUT2D eigenvalue weighted by Gasteiger charge is 2.18. The van der Waals surface area contributed by atoms with Crippen LogP contribution in [0.15, 0.2) is 51.4 Å². The van der Waals surface area contributed by atoms with Crippen LogP contribution in [0.5, 0.6) is 0 Å². The molecule has 5 nitrogen and oxygen atoms in total. The van der Waals surface area contributed by atoms with Crippen molar-refractivity contribution in [2.45, 2.75) is 13.5 Å². The van der Waals surface area contributed by atoms with E-state index in [-0.39, 0.29) is 5.91 Å². The van der Waals surface area contributed by atoms with Crippen molar-refractivity contribution in [1.29, 1.82) is 0 Å². The van der Waals surface area contributed by atoms with Crippen molar-refractivity contribution in [2.24, 2.45) is 0 Å². The van der Waals surface area contributed by atoms with E-state index in [1.807, 2.05) is 49.4 Å². The van der Waals surface area contributed by atoms with Gasteiger partial charge in [0, 0.05) is 40.7 Å². The Morgan fingerprint density at radius 2 is 1.89 bits per heavy atom. The number of halogens is 1. The van der Waals surface area contributed by atoms with Gasteiger partial charge in [0.15, 0.2) is 5.76 Å². The zero-order valence-corrected chi connectivity index (χ0v) is 16.7. The summed E-state index contributed by atoms with van der Waals surface area (Å²) in [5.41, 5.74) is 3.53. The minimum atomic E-state index is -0.235. The van der Waals surface area contributed by atoms with Gasteiger partial charge in [-0.2, -0.15) is 0 Å². The highest BCUT2D eigenvalue weighted by atomic mass is 79.9. The zero-order chi connectivity index (χ0) is 18.8. The molecule has 140 valence electrons. The summed E-state index contributed by atoms with van der Waals surface area (Å²) >= 11 is 3.46. The van der Waals surface area contributed by atoms with Crippen LogP contribution < -0.4 is 5.32 Å². The number of rotatable bonds is 4. The average Bonchev–Trinajstić information content (AvgIpc) is 3.00. The number of nitrogens with one attached hydrogen (secondary N) is 1. The number of ether oxygens (including phenoxy) is 1. The van der Waals surface area contributed by atoms with Crippen LogP contribution in [0, 0.1) is 6.92 Å². The number of benzene rings is 2. The van der Waals surface area contributed by atoms with Crippen LogP contribution in [0.25, 0.3) is 11.0 Å². The van der Waals surface area contributed by atoms with E-state index >= 15 is 0 Å². The van der Waals surface area contributed by atoms with Crippen molar-refractivity contribution in [3.63, 3.8) is 0 Å². The van der Waals surface area contributed by atoms with Crippen molar-refractivity contribution in [3.8, 4) is 0 Å². The van der Waals surface area contributed by atoms with E-state index < -0.39 is 0 Å². The summed E-state index contributed by atoms with van der Waals surface area (Å²) in [6, 6.07) is 13.7. The lowest BCUT2D eigenvalue weighted by Crippen LogP contribution is -2.35. The third-order valence-corrected chi connectivity index (χ3v) is 5.32. The average molecular weight is 429 g/mol. The molecule has 0 bridgehead atoms. The first-order valence-electron chi connectivity index (χ1n) is 8.99. The first-order chi connectivity index (χ1) is 13.1. The number of fused-ring (bicyclic) bond motifs is 1. The first kappa shape index (κ1) is 18.2. The molecular formula is C21H21BrN2O3. The molecule has 1 saturated heterocycles. The molecule has 2 heterocycles. The van der Waals surface area contributed by atoms with Crippen molar-refractivity contribution in [3.05, 3.63) is 63.8 Å². The molecule has 0 saturated carbocycles. The fourth-order valence-electron chi connectivity index (χ4n) is 3.31. The van der Waals surface area contributed by atoms with Gasteiger partial charge in [0.25, 0.3) is 5.91 Å². The van der Waals surface area contributed by atoms with Gasteiger partial charge in [0.05, 0.1) is 13.2 Å². The summed E-state index contributed by atoms with van der Waals surface area (Å²) in [4.78, 5) is 15.0. The lowest BCUT2D eigenvalue weighted by molar-refractivity contribution is 0.0342. The summed E-state index contributed by atoms with van der Waals surface area (Å²) in [6.07, 6.45) is 0. The number of hydrogen-bond acceptors (Lipinski definition) is 4. The molecule has 1 fully saturated rings. The summed E-state index contributed by atoms with van der Waals surface area (Å²) in [6.45, 7) is 6.30. The molecule has 0 aliphatic carbocycles. The predicted octanol–water partition coefficient (Wildman–Crippen LogP) is 4.59. The Morgan fingerprint density at radius 3 is 2.63 bits per heavy atom. The maximum Gasteiger partial charge on any atom is 0.291 e. The van der Waals surface area contributed by atoms with Crippen molar-refractivity contribution >= 4 is 38.5 Å². The number of aryl methyl sites for hydroxylation is 1. The molecule has 0 radical (unpaired) electrons. The van der Waals surface area contributed by atoms with Crippen molar-refractivity contribution in [2.75, 3.05) is 31.6 Å². The molecule has 6 heteroatoms. The van der Waals surface area contributed by atoms with Crippen molar-refractivity contribution in [1.82, 2.24) is 4.90 Å². The van der Waals surface area contributed by atoms with Crippen molar-refractivity contribution < 1.29 is 13.9 Å². The van der Waals surface area contributed by atoms with Crippen LogP contribution in [0.4, 0.5) is 5.69 Å². The van der Waals surface area contributed by atoms with Gasteiger partial charge in [-0.3, -0.25) is 9.69 Å². The number of morpholine rings is 1. The molecule has 1 N–H and O–H groups in total. The lowest BCUT2D eigenvalue weighted by atomic mass is 10.1. The molecular weight excluding hydrogens is 408 g/mol. The lowest BCUT2D eigenvalue weighted by Gasteiger charge is -2.26. The van der Waals surface area contributed by atoms with Crippen LogP contribution in [0.3, 0.4) is 0 Å². The normalized spacial score (nSPS) is 15.2. The fourth-order valence-corrected chi connectivity index (χ4v) is 3.67. The van der Waals surface area contributed by atoms with Crippen LogP contribution in [-0.4, -0.2) is 37.1 Å². The van der Waals surface area contributed by atoms with E-state index in [4.69, 9.17) is 9.15 Å². The van der Waals surface area contributed by atoms with E-state index in [1.165, 1.54) is 5.56 Å². The Balaban J connectivity index is 1.45. The number of carbonyl (C=O) groups is 1. The third kappa shape index (κ3) is 4.08. The van der Waals surface area contributed by atoms with Gasteiger partial charge in [-0.25, -0.2) is 0 Å². The quantitative estimate of drug-likeness (QED) is 0.660. The number of anilines is 1. The first-order valence-corrected chi connectivity index (χ1v) is 9.78. The van der Waals surface area contributed by atoms with Gasteiger partial charge in [-0.1, -0.05) is 28.1 Å². The number of hydrogen-bond donors (Lipinski definition) is 1. The topological polar surface area (TPSA) is 54.7 Å². The number of furan rings is 1. The molecule has 3 aromatic rings. The Morgan fingerprint density at radius 1 is 1.15 bits per heavy atom. The van der Waals surface area contributed by atoms with Gasteiger partial charge < -0.3 is 14.5 Å². The smallest absolute Gasteiger partial charge is 0.291 e. The Hall–Kier alpha value is -2.15. The largest absolute Gasteiger partial charge is 0.451 e. The summed E-state index contributed by atoms with van der Waals surface area (Å²) in [5, 5.41) is 3.87. The standard InChI is InChI=1S/C21H21BrN2O3/c1-14-18-12-16(22)4-7-19(18)27-20(14)21(25)23-17-5-2-15(3-6-17)13-24-8-10-26-11-9-24/h2-7,12H,8-11,13H2,1H3,(H,23,25). The third-order valence-electron chi connectivity index (χ3n) is 4.83. The maximum atomic E-state index is 12.7. The molecule has 4 rings (SSSR count). The summed E-state index contributed by atoms with van der Waals surface area (Å²) < 4.78 is 12.1. The molecule has 0 atom stereocenters. The molecule has 0 unspecified atom stereocenters. The van der Waals surface area contributed by atoms with Gasteiger partial charge in [0.2, 0.25) is 0 Å². The Labute approximate surface area is 166 Å². The second-order valence-electron chi connectivity index (χ2n) is 6.74. The van der Waals surface area contributed by atoms with Gasteiger partial charge in [0.1, 0.15) is 5.58 Å². The molecule has 1 aliphatic heterocycles. The fraction of sp³-hybridized carbons (Fsp3) is 0.286. The van der Waals surface area contributed by atoms with Gasteiger partial charge >= 0.3 is 0 Å². The molecule has 27 heavy (non-hydrogen) atoms. The number of amides is 1. The van der Waals surface area contributed by atoms with Crippen LogP contribution in [-0.2, 0) is 11.3 Å². The minimum absolute atomic E-state index is 0.235. The molecule has 1 aliphatic rings. The number of carbonyl (C=O) groups excluding carboxylic acids is 1. The van der Waals surface area contributed by atoms with Gasteiger partial charge in [-0.15, -0.1) is 0 Å². The molecule has 2 aromatic carbocycles. The maximum absolute atomic E-state index is 12.7. The monoisotopic (exact) mass is 428 g/mol. The highest BCUT2D eigenvalue weighted by Crippen LogP contribution is 2.28. The second kappa shape index (κ2) is 7.84. The number of nitrogens with zero attached hydrogens (tertiary/aromatic N) is 1. The van der Waals surface area contributed by atoms with E-state index in [0.717, 1.165) is 54.0 Å². The summed E-state index contributed by atoms with van der Waals surface area (Å²) in [7, 11) is 0. The minimum Gasteiger partial charge on any atom is -0.451 e. The summed E-state index contributed by atoms with van der Waals surface area (Å²) in [5.74, 6) is 0.112. The predicted molar refractivity (Wildman–Crippen MR) is 109 cm³/mol. The molecule has 0 spiro atoms. The zero-order valence-electron chi connectivity index (χ0n) is 15.1. The SMILES string of the molecule is Cc1c(C(=O)Nc2ccc(CN3CCOCC3)cc2)oc2ccc(Br)cc12. The second-order valence-corrected chi connectivity index (χ2v) is 7.65. The van der Waals surface area contributed by atoms with Crippen LogP contribution in [0.1, 0.15) is 21.7 Å². The van der Waals surface area contributed by atoms with E-state index in [2.05, 4.69) is 26.1 Å². The van der Waals surface area contributed by atoms with E-state index in [0.29, 0.717) is 11.3 Å². The molecule has 1 aromatic heterocycles. The van der Waals surface area contributed by atoms with Crippen LogP contribution in [0.2, 0.25) is 0 Å². The van der Waals surface area contributed by atoms with E-state index in [9.17, 15) is 4.79 Å². The Kier molecular flexibility index (Phi) is 5.29. The Bertz CT molecular complexity index is 959. The highest BCUT2D eigenvalue weighted by molar-refractivity contribution is 9.10. The van der Waals surface area contributed by atoms with E-state index in [1.54, 1.807) is 0 Å². The molecule has 1 amide bonds. The van der Waals surface area contributed by atoms with Crippen LogP contribution >= 0.6 is 15.9 Å².